The van der Waals surface area contributed by atoms with Crippen molar-refractivity contribution in [2.45, 2.75) is 4.90 Å². The van der Waals surface area contributed by atoms with Crippen LogP contribution in [0.3, 0.4) is 0 Å². The summed E-state index contributed by atoms with van der Waals surface area (Å²) < 4.78 is 21.3. The lowest BCUT2D eigenvalue weighted by Crippen LogP contribution is -1.90. The van der Waals surface area contributed by atoms with Crippen LogP contribution in [0.5, 0.6) is 0 Å². The molecule has 1 aromatic rings. The Labute approximate surface area is 76.6 Å². The third-order valence-corrected chi connectivity index (χ3v) is 2.24. The van der Waals surface area contributed by atoms with E-state index in [4.69, 9.17) is 10.5 Å². The van der Waals surface area contributed by atoms with Gasteiger partial charge in [-0.05, 0) is 12.1 Å². The van der Waals surface area contributed by atoms with Crippen LogP contribution < -0.4 is 0 Å². The average Bonchev–Trinajstić information content (AvgIpc) is 2.16. The van der Waals surface area contributed by atoms with Crippen LogP contribution in [0, 0.1) is 22.7 Å². The zero-order valence-electron chi connectivity index (χ0n) is 6.39. The van der Waals surface area contributed by atoms with Crippen molar-refractivity contribution >= 4 is 10.7 Å². The molecule has 64 valence electrons. The van der Waals surface area contributed by atoms with Gasteiger partial charge in [0.2, 0.25) is 0 Å². The number of hydrogen-bond donors (Lipinski definition) is 1. The molecule has 0 radical (unpaired) electrons. The fourth-order valence-electron chi connectivity index (χ4n) is 0.903. The Morgan fingerprint density at radius 3 is 2.31 bits per heavy atom. The van der Waals surface area contributed by atoms with E-state index >= 15 is 0 Å². The Morgan fingerprint density at radius 2 is 1.85 bits per heavy atom. The van der Waals surface area contributed by atoms with Crippen molar-refractivity contribution < 1.29 is 8.42 Å². The van der Waals surface area contributed by atoms with Crippen LogP contribution in [0.15, 0.2) is 23.1 Å². The quantitative estimate of drug-likeness (QED) is 0.653. The molecule has 0 aromatic heterocycles. The molecule has 0 unspecified atom stereocenters. The van der Waals surface area contributed by atoms with Crippen molar-refractivity contribution in [1.29, 1.82) is 10.5 Å². The molecule has 0 bridgehead atoms. The van der Waals surface area contributed by atoms with E-state index in [1.807, 2.05) is 0 Å². The second-order valence-corrected chi connectivity index (χ2v) is 3.18. The largest absolute Gasteiger partial charge is 0.227 e. The molecule has 13 heavy (non-hydrogen) atoms. The van der Waals surface area contributed by atoms with E-state index in [9.17, 15) is 8.42 Å². The molecule has 0 aliphatic carbocycles. The first kappa shape index (κ1) is 9.24. The zero-order valence-corrected chi connectivity index (χ0v) is 7.28. The molecule has 0 spiro atoms. The molecule has 0 amide bonds. The van der Waals surface area contributed by atoms with Gasteiger partial charge in [0.05, 0.1) is 16.0 Å². The summed E-state index contributed by atoms with van der Waals surface area (Å²) in [5.41, 5.74) is 0.000288. The van der Waals surface area contributed by atoms with Gasteiger partial charge in [-0.2, -0.15) is 10.5 Å². The lowest BCUT2D eigenvalue weighted by molar-refractivity contribution is 0.614. The van der Waals surface area contributed by atoms with Crippen molar-refractivity contribution in [3.05, 3.63) is 29.3 Å². The predicted molar refractivity (Wildman–Crippen MR) is 44.5 cm³/mol. The fraction of sp³-hybridized carbons (Fsp3) is 0. The topological polar surface area (TPSA) is 81.7 Å². The van der Waals surface area contributed by atoms with Gasteiger partial charge in [-0.3, -0.25) is 0 Å². The Balaban J connectivity index is 3.59. The van der Waals surface area contributed by atoms with Gasteiger partial charge < -0.3 is 0 Å². The highest BCUT2D eigenvalue weighted by molar-refractivity contribution is 7.72. The summed E-state index contributed by atoms with van der Waals surface area (Å²) in [5, 5.41) is 17.2. The van der Waals surface area contributed by atoms with Crippen LogP contribution in [-0.2, 0) is 10.7 Å². The number of rotatable bonds is 1. The average molecular weight is 192 g/mol. The molecule has 0 aliphatic heterocycles. The van der Waals surface area contributed by atoms with E-state index in [-0.39, 0.29) is 16.0 Å². The van der Waals surface area contributed by atoms with E-state index in [0.29, 0.717) is 0 Å². The van der Waals surface area contributed by atoms with Crippen molar-refractivity contribution in [2.24, 2.45) is 0 Å². The summed E-state index contributed by atoms with van der Waals surface area (Å²) in [6.07, 6.45) is 0. The highest BCUT2D eigenvalue weighted by atomic mass is 32.2. The Kier molecular flexibility index (Phi) is 2.63. The molecule has 0 heterocycles. The monoisotopic (exact) mass is 192 g/mol. The minimum absolute atomic E-state index is 0.0823. The molecule has 0 fully saturated rings. The molecular formula is C8H4N2O2S. The summed E-state index contributed by atoms with van der Waals surface area (Å²) >= 11 is 0. The van der Waals surface area contributed by atoms with Gasteiger partial charge in [-0.15, -0.1) is 0 Å². The summed E-state index contributed by atoms with van der Waals surface area (Å²) in [6.45, 7) is 0. The van der Waals surface area contributed by atoms with Crippen molar-refractivity contribution in [3.8, 4) is 12.1 Å². The lowest BCUT2D eigenvalue weighted by atomic mass is 10.1. The highest BCUT2D eigenvalue weighted by Crippen LogP contribution is 2.13. The standard InChI is InChI=1S/C8H4N2O2S/c9-4-6-2-1-3-8(13(11)12)7(6)5-10/h1-3,13H. The summed E-state index contributed by atoms with van der Waals surface area (Å²) in [5.74, 6) is 0. The van der Waals surface area contributed by atoms with Crippen molar-refractivity contribution in [3.63, 3.8) is 0 Å². The van der Waals surface area contributed by atoms with Crippen LogP contribution in [0.2, 0.25) is 0 Å². The first-order chi connectivity index (χ1) is 6.20. The lowest BCUT2D eigenvalue weighted by Gasteiger charge is -1.95. The number of nitriles is 2. The predicted octanol–water partition coefficient (Wildman–Crippen LogP) is 0.400. The third kappa shape index (κ3) is 1.66. The minimum atomic E-state index is -2.82. The van der Waals surface area contributed by atoms with Gasteiger partial charge in [-0.25, -0.2) is 8.42 Å². The number of benzene rings is 1. The molecule has 5 heteroatoms. The maximum Gasteiger partial charge on any atom is 0.169 e. The first-order valence-electron chi connectivity index (χ1n) is 3.28. The summed E-state index contributed by atoms with van der Waals surface area (Å²) in [6, 6.07) is 7.57. The molecule has 0 atom stereocenters. The van der Waals surface area contributed by atoms with Crippen LogP contribution in [0.25, 0.3) is 0 Å². The van der Waals surface area contributed by atoms with Gasteiger partial charge in [0.1, 0.15) is 12.1 Å². The Morgan fingerprint density at radius 1 is 1.15 bits per heavy atom. The molecule has 1 aromatic carbocycles. The molecule has 0 saturated carbocycles. The summed E-state index contributed by atoms with van der Waals surface area (Å²) in [4.78, 5) is -0.100. The van der Waals surface area contributed by atoms with Gasteiger partial charge in [0.15, 0.2) is 10.7 Å². The second kappa shape index (κ2) is 3.70. The highest BCUT2D eigenvalue weighted by Gasteiger charge is 2.08. The van der Waals surface area contributed by atoms with Crippen LogP contribution in [0.4, 0.5) is 0 Å². The Hall–Kier alpha value is -1.85. The number of thiol groups is 1. The first-order valence-corrected chi connectivity index (χ1v) is 4.46. The van der Waals surface area contributed by atoms with Crippen molar-refractivity contribution in [1.82, 2.24) is 0 Å². The molecule has 0 saturated heterocycles. The maximum absolute atomic E-state index is 10.6. The third-order valence-electron chi connectivity index (χ3n) is 1.47. The van der Waals surface area contributed by atoms with E-state index < -0.39 is 10.7 Å². The Bertz CT molecular complexity index is 484. The second-order valence-electron chi connectivity index (χ2n) is 2.18. The molecular weight excluding hydrogens is 188 g/mol. The maximum atomic E-state index is 10.6. The van der Waals surface area contributed by atoms with Gasteiger partial charge in [0.25, 0.3) is 0 Å². The number of hydrogen-bond acceptors (Lipinski definition) is 4. The zero-order chi connectivity index (χ0) is 9.84. The van der Waals surface area contributed by atoms with E-state index in [0.717, 1.165) is 0 Å². The number of nitrogens with zero attached hydrogens (tertiary/aromatic N) is 2. The summed E-state index contributed by atoms with van der Waals surface area (Å²) in [7, 11) is -2.82. The van der Waals surface area contributed by atoms with Gasteiger partial charge in [-0.1, -0.05) is 6.07 Å². The van der Waals surface area contributed by atoms with Gasteiger partial charge in [0, 0.05) is 0 Å². The minimum Gasteiger partial charge on any atom is -0.227 e. The molecule has 0 aliphatic rings. The van der Waals surface area contributed by atoms with Crippen LogP contribution in [0.1, 0.15) is 11.1 Å². The fourth-order valence-corrected chi connectivity index (χ4v) is 1.46. The van der Waals surface area contributed by atoms with Crippen LogP contribution >= 0.6 is 0 Å². The van der Waals surface area contributed by atoms with Crippen molar-refractivity contribution in [2.75, 3.05) is 0 Å². The van der Waals surface area contributed by atoms with E-state index in [2.05, 4.69) is 0 Å². The molecule has 4 nitrogen and oxygen atoms in total. The van der Waals surface area contributed by atoms with E-state index in [1.165, 1.54) is 18.2 Å². The van der Waals surface area contributed by atoms with Gasteiger partial charge >= 0.3 is 0 Å². The normalized spacial score (nSPS) is 9.15. The molecule has 0 N–H and O–H groups in total. The van der Waals surface area contributed by atoms with E-state index in [1.54, 1.807) is 12.1 Å². The smallest absolute Gasteiger partial charge is 0.169 e. The molecule has 1 rings (SSSR count). The SMILES string of the molecule is N#Cc1cccc([SH](=O)=O)c1C#N. The van der Waals surface area contributed by atoms with Crippen LogP contribution in [-0.4, -0.2) is 8.42 Å².